The molecule has 3 nitrogen and oxygen atoms in total. The summed E-state index contributed by atoms with van der Waals surface area (Å²) < 4.78 is 5.45. The van der Waals surface area contributed by atoms with E-state index in [1.807, 2.05) is 0 Å². The van der Waals surface area contributed by atoms with E-state index in [-0.39, 0.29) is 5.92 Å². The quantitative estimate of drug-likeness (QED) is 0.700. The topological polar surface area (TPSA) is 49.7 Å². The summed E-state index contributed by atoms with van der Waals surface area (Å²) in [6.07, 6.45) is 5.85. The van der Waals surface area contributed by atoms with E-state index < -0.39 is 6.29 Å². The van der Waals surface area contributed by atoms with Crippen LogP contribution in [0, 0.1) is 17.8 Å². The second-order valence-corrected chi connectivity index (χ2v) is 5.01. The van der Waals surface area contributed by atoms with Crippen LogP contribution in [0.1, 0.15) is 38.5 Å². The van der Waals surface area contributed by atoms with E-state index in [1.165, 1.54) is 25.7 Å². The molecular formula is C12H22O3. The van der Waals surface area contributed by atoms with E-state index in [4.69, 9.17) is 4.74 Å². The van der Waals surface area contributed by atoms with Crippen molar-refractivity contribution in [2.45, 2.75) is 44.8 Å². The van der Waals surface area contributed by atoms with Gasteiger partial charge in [-0.15, -0.1) is 0 Å². The van der Waals surface area contributed by atoms with E-state index in [9.17, 15) is 10.2 Å². The van der Waals surface area contributed by atoms with Gasteiger partial charge >= 0.3 is 0 Å². The van der Waals surface area contributed by atoms with Gasteiger partial charge in [0.15, 0.2) is 6.29 Å². The van der Waals surface area contributed by atoms with Gasteiger partial charge in [0, 0.05) is 19.1 Å². The fourth-order valence-electron chi connectivity index (χ4n) is 3.28. The Bertz CT molecular complexity index is 181. The Hall–Kier alpha value is -0.120. The molecule has 15 heavy (non-hydrogen) atoms. The maximum Gasteiger partial charge on any atom is 0.154 e. The summed E-state index contributed by atoms with van der Waals surface area (Å²) in [6, 6.07) is 0. The van der Waals surface area contributed by atoms with E-state index in [0.29, 0.717) is 11.8 Å². The molecule has 2 N–H and O–H groups in total. The fraction of sp³-hybridized carbons (Fsp3) is 1.00. The largest absolute Gasteiger partial charge is 0.381 e. The highest BCUT2D eigenvalue weighted by Crippen LogP contribution is 2.39. The number of hydrogen-bond acceptors (Lipinski definition) is 3. The molecule has 2 unspecified atom stereocenters. The van der Waals surface area contributed by atoms with Gasteiger partial charge in [0.2, 0.25) is 0 Å². The van der Waals surface area contributed by atoms with Crippen molar-refractivity contribution in [1.82, 2.24) is 0 Å². The van der Waals surface area contributed by atoms with Gasteiger partial charge in [-0.25, -0.2) is 0 Å². The Kier molecular flexibility index (Phi) is 4.00. The molecule has 2 atom stereocenters. The van der Waals surface area contributed by atoms with Gasteiger partial charge in [-0.05, 0) is 37.5 Å². The van der Waals surface area contributed by atoms with Gasteiger partial charge in [0.05, 0.1) is 0 Å². The first-order chi connectivity index (χ1) is 7.29. The van der Waals surface area contributed by atoms with Crippen molar-refractivity contribution in [2.24, 2.45) is 17.8 Å². The molecule has 0 aromatic heterocycles. The number of aliphatic hydroxyl groups is 2. The van der Waals surface area contributed by atoms with Crippen LogP contribution < -0.4 is 0 Å². The van der Waals surface area contributed by atoms with E-state index in [0.717, 1.165) is 26.1 Å². The van der Waals surface area contributed by atoms with Gasteiger partial charge in [-0.1, -0.05) is 12.8 Å². The van der Waals surface area contributed by atoms with Crippen LogP contribution in [0.25, 0.3) is 0 Å². The summed E-state index contributed by atoms with van der Waals surface area (Å²) in [5.74, 6) is 0.923. The summed E-state index contributed by atoms with van der Waals surface area (Å²) in [5, 5.41) is 19.0. The van der Waals surface area contributed by atoms with Crippen molar-refractivity contribution in [3.8, 4) is 0 Å². The van der Waals surface area contributed by atoms with Crippen LogP contribution in [0.5, 0.6) is 0 Å². The van der Waals surface area contributed by atoms with Crippen LogP contribution in [0.15, 0.2) is 0 Å². The molecule has 0 bridgehead atoms. The summed E-state index contributed by atoms with van der Waals surface area (Å²) >= 11 is 0. The lowest BCUT2D eigenvalue weighted by molar-refractivity contribution is -0.135. The molecule has 1 aliphatic heterocycles. The monoisotopic (exact) mass is 214 g/mol. The fourth-order valence-corrected chi connectivity index (χ4v) is 3.28. The summed E-state index contributed by atoms with van der Waals surface area (Å²) in [5.41, 5.74) is 0. The summed E-state index contributed by atoms with van der Waals surface area (Å²) in [6.45, 7) is 1.56. The van der Waals surface area contributed by atoms with E-state index >= 15 is 0 Å². The molecule has 1 heterocycles. The lowest BCUT2D eigenvalue weighted by Crippen LogP contribution is -2.37. The second kappa shape index (κ2) is 5.28. The molecule has 1 saturated heterocycles. The predicted octanol–water partition coefficient (Wildman–Crippen LogP) is 1.53. The summed E-state index contributed by atoms with van der Waals surface area (Å²) in [7, 11) is 0. The molecule has 1 aliphatic carbocycles. The molecular weight excluding hydrogens is 192 g/mol. The third kappa shape index (κ3) is 2.71. The summed E-state index contributed by atoms with van der Waals surface area (Å²) in [4.78, 5) is 0. The van der Waals surface area contributed by atoms with Crippen LogP contribution in [-0.2, 0) is 4.74 Å². The number of ether oxygens (including phenoxy) is 1. The average molecular weight is 214 g/mol. The number of hydrogen-bond donors (Lipinski definition) is 2. The highest BCUT2D eigenvalue weighted by atomic mass is 16.5. The lowest BCUT2D eigenvalue weighted by Gasteiger charge is -2.35. The van der Waals surface area contributed by atoms with Crippen LogP contribution in [0.3, 0.4) is 0 Å². The molecule has 88 valence electrons. The number of rotatable bonds is 3. The van der Waals surface area contributed by atoms with Crippen molar-refractivity contribution < 1.29 is 14.9 Å². The van der Waals surface area contributed by atoms with Gasteiger partial charge in [0.1, 0.15) is 0 Å². The zero-order valence-corrected chi connectivity index (χ0v) is 9.27. The molecule has 2 fully saturated rings. The predicted molar refractivity (Wildman–Crippen MR) is 57.2 cm³/mol. The first-order valence-electron chi connectivity index (χ1n) is 6.23. The standard InChI is InChI=1S/C12H22O3/c13-12(14)11(9-4-1-2-5-9)10-6-3-7-15-8-10/h9-14H,1-8H2. The third-order valence-electron chi connectivity index (χ3n) is 4.03. The molecule has 2 aliphatic rings. The smallest absolute Gasteiger partial charge is 0.154 e. The Morgan fingerprint density at radius 2 is 1.60 bits per heavy atom. The maximum atomic E-state index is 9.52. The van der Waals surface area contributed by atoms with Crippen LogP contribution in [0.2, 0.25) is 0 Å². The van der Waals surface area contributed by atoms with E-state index in [2.05, 4.69) is 0 Å². The highest BCUT2D eigenvalue weighted by Gasteiger charge is 2.36. The van der Waals surface area contributed by atoms with Crippen molar-refractivity contribution in [2.75, 3.05) is 13.2 Å². The molecule has 1 saturated carbocycles. The molecule has 0 amide bonds. The van der Waals surface area contributed by atoms with Crippen molar-refractivity contribution >= 4 is 0 Å². The van der Waals surface area contributed by atoms with Crippen LogP contribution in [-0.4, -0.2) is 29.7 Å². The lowest BCUT2D eigenvalue weighted by atomic mass is 9.77. The zero-order valence-electron chi connectivity index (χ0n) is 9.27. The molecule has 0 aromatic rings. The Labute approximate surface area is 91.4 Å². The maximum absolute atomic E-state index is 9.52. The Balaban J connectivity index is 1.97. The van der Waals surface area contributed by atoms with Crippen molar-refractivity contribution in [3.63, 3.8) is 0 Å². The van der Waals surface area contributed by atoms with Gasteiger partial charge in [-0.2, -0.15) is 0 Å². The van der Waals surface area contributed by atoms with Gasteiger partial charge < -0.3 is 14.9 Å². The number of aliphatic hydroxyl groups excluding tert-OH is 1. The van der Waals surface area contributed by atoms with Gasteiger partial charge in [-0.3, -0.25) is 0 Å². The molecule has 0 spiro atoms. The molecule has 3 heteroatoms. The third-order valence-corrected chi connectivity index (χ3v) is 4.03. The Morgan fingerprint density at radius 3 is 2.13 bits per heavy atom. The van der Waals surface area contributed by atoms with Crippen LogP contribution in [0.4, 0.5) is 0 Å². The highest BCUT2D eigenvalue weighted by molar-refractivity contribution is 4.83. The van der Waals surface area contributed by atoms with Crippen molar-refractivity contribution in [3.05, 3.63) is 0 Å². The molecule has 0 radical (unpaired) electrons. The first-order valence-corrected chi connectivity index (χ1v) is 6.23. The first kappa shape index (κ1) is 11.4. The zero-order chi connectivity index (χ0) is 10.7. The molecule has 2 rings (SSSR count). The normalized spacial score (nSPS) is 31.0. The average Bonchev–Trinajstić information content (AvgIpc) is 2.72. The minimum absolute atomic E-state index is 0.0489. The minimum Gasteiger partial charge on any atom is -0.381 e. The second-order valence-electron chi connectivity index (χ2n) is 5.01. The van der Waals surface area contributed by atoms with E-state index in [1.54, 1.807) is 0 Å². The SMILES string of the molecule is OC(O)C(C1CCCC1)C1CCCOC1. The Morgan fingerprint density at radius 1 is 0.933 bits per heavy atom. The van der Waals surface area contributed by atoms with Crippen LogP contribution >= 0.6 is 0 Å². The minimum atomic E-state index is -1.15. The van der Waals surface area contributed by atoms with Gasteiger partial charge in [0.25, 0.3) is 0 Å². The van der Waals surface area contributed by atoms with Crippen molar-refractivity contribution in [1.29, 1.82) is 0 Å². The molecule has 0 aromatic carbocycles.